The lowest BCUT2D eigenvalue weighted by Gasteiger charge is -2.33. The maximum Gasteiger partial charge on any atom is 0.243 e. The van der Waals surface area contributed by atoms with Gasteiger partial charge in [0.1, 0.15) is 18.5 Å². The Hall–Kier alpha value is -2.91. The molecule has 1 aromatic heterocycles. The summed E-state index contributed by atoms with van der Waals surface area (Å²) in [7, 11) is -3.62. The molecule has 8 heteroatoms. The van der Waals surface area contributed by atoms with E-state index < -0.39 is 16.1 Å². The molecule has 1 aliphatic rings. The van der Waals surface area contributed by atoms with Crippen molar-refractivity contribution in [3.63, 3.8) is 0 Å². The molecule has 0 aliphatic carbocycles. The molecule has 0 saturated carbocycles. The minimum absolute atomic E-state index is 0.114. The van der Waals surface area contributed by atoms with Gasteiger partial charge in [-0.1, -0.05) is 77.9 Å². The van der Waals surface area contributed by atoms with Crippen LogP contribution < -0.4 is 10.1 Å². The third-order valence-corrected chi connectivity index (χ3v) is 11.0. The first-order chi connectivity index (χ1) is 21.0. The fourth-order valence-electron chi connectivity index (χ4n) is 6.36. The summed E-state index contributed by atoms with van der Waals surface area (Å²) in [6.45, 7) is 15.0. The summed E-state index contributed by atoms with van der Waals surface area (Å²) in [4.78, 5) is 3.95. The monoisotopic (exact) mass is 619 g/mol. The smallest absolute Gasteiger partial charge is 0.243 e. The second kappa shape index (κ2) is 13.6. The van der Waals surface area contributed by atoms with Crippen molar-refractivity contribution in [1.82, 2.24) is 14.6 Å². The minimum Gasteiger partial charge on any atom is -0.490 e. The van der Waals surface area contributed by atoms with Gasteiger partial charge in [-0.25, -0.2) is 8.42 Å². The third-order valence-electron chi connectivity index (χ3n) is 8.99. The van der Waals surface area contributed by atoms with E-state index in [1.165, 1.54) is 5.56 Å². The van der Waals surface area contributed by atoms with Crippen molar-refractivity contribution in [1.29, 1.82) is 0 Å². The lowest BCUT2D eigenvalue weighted by atomic mass is 9.89. The highest BCUT2D eigenvalue weighted by Gasteiger charge is 2.34. The highest BCUT2D eigenvalue weighted by Crippen LogP contribution is 2.38. The molecule has 0 unspecified atom stereocenters. The standard InChI is InChI=1S/C36H49N3O4S/c1-23(2)27-18-30(24(3)4)36(31(19-27)25(5)6)44(41,42)39-16-14-26(15-17-39)20-37-21-28(40)22-43-34-13-9-12-33-35(34)29-10-7-8-11-32(29)38-33/h7-13,18-19,23-26,28,37-38,40H,14-17,20-22H2,1-6H3/t28-/m0/s1. The number of nitrogens with one attached hydrogen (secondary N) is 2. The Bertz CT molecular complexity index is 1660. The zero-order chi connectivity index (χ0) is 31.6. The van der Waals surface area contributed by atoms with Gasteiger partial charge in [-0.15, -0.1) is 0 Å². The molecule has 44 heavy (non-hydrogen) atoms. The maximum atomic E-state index is 14.1. The van der Waals surface area contributed by atoms with Gasteiger partial charge in [0.05, 0.1) is 10.4 Å². The quantitative estimate of drug-likeness (QED) is 0.157. The van der Waals surface area contributed by atoms with Crippen molar-refractivity contribution >= 4 is 31.8 Å². The second-order valence-electron chi connectivity index (χ2n) is 13.3. The number of benzene rings is 3. The molecule has 3 N–H and O–H groups in total. The average molecular weight is 620 g/mol. The Labute approximate surface area is 263 Å². The molecule has 0 amide bonds. The summed E-state index contributed by atoms with van der Waals surface area (Å²) < 4.78 is 36.0. The average Bonchev–Trinajstić information content (AvgIpc) is 3.39. The van der Waals surface area contributed by atoms with Crippen molar-refractivity contribution in [3.05, 3.63) is 71.3 Å². The van der Waals surface area contributed by atoms with Gasteiger partial charge in [0.25, 0.3) is 0 Å². The summed E-state index contributed by atoms with van der Waals surface area (Å²) >= 11 is 0. The molecule has 4 aromatic rings. The largest absolute Gasteiger partial charge is 0.490 e. The number of aromatic amines is 1. The van der Waals surface area contributed by atoms with Gasteiger partial charge in [-0.2, -0.15) is 4.31 Å². The number of hydrogen-bond acceptors (Lipinski definition) is 5. The molecule has 238 valence electrons. The number of hydrogen-bond donors (Lipinski definition) is 3. The lowest BCUT2D eigenvalue weighted by molar-refractivity contribution is 0.105. The topological polar surface area (TPSA) is 94.7 Å². The van der Waals surface area contributed by atoms with E-state index in [4.69, 9.17) is 4.74 Å². The number of aromatic nitrogens is 1. The summed E-state index contributed by atoms with van der Waals surface area (Å²) in [5.74, 6) is 1.68. The van der Waals surface area contributed by atoms with Crippen LogP contribution in [0.5, 0.6) is 5.75 Å². The van der Waals surface area contributed by atoms with Gasteiger partial charge in [0.15, 0.2) is 0 Å². The molecule has 2 heterocycles. The van der Waals surface area contributed by atoms with Gasteiger partial charge < -0.3 is 20.1 Å². The Kier molecular flexibility index (Phi) is 10.0. The third kappa shape index (κ3) is 6.84. The number of fused-ring (bicyclic) bond motifs is 3. The summed E-state index contributed by atoms with van der Waals surface area (Å²) in [5, 5.41) is 16.2. The van der Waals surface area contributed by atoms with Crippen LogP contribution in [0.4, 0.5) is 0 Å². The molecule has 1 aliphatic heterocycles. The molecule has 0 spiro atoms. The number of rotatable bonds is 12. The van der Waals surface area contributed by atoms with Crippen LogP contribution in [-0.4, -0.2) is 61.7 Å². The van der Waals surface area contributed by atoms with Gasteiger partial charge in [0, 0.05) is 35.9 Å². The minimum atomic E-state index is -3.62. The molecule has 5 rings (SSSR count). The number of piperidine rings is 1. The summed E-state index contributed by atoms with van der Waals surface area (Å²) in [6.07, 6.45) is 0.924. The number of aliphatic hydroxyl groups is 1. The predicted molar refractivity (Wildman–Crippen MR) is 180 cm³/mol. The van der Waals surface area contributed by atoms with Crippen LogP contribution in [0, 0.1) is 5.92 Å². The maximum absolute atomic E-state index is 14.1. The van der Waals surface area contributed by atoms with E-state index in [1.54, 1.807) is 4.31 Å². The molecular formula is C36H49N3O4S. The molecule has 1 saturated heterocycles. The van der Waals surface area contributed by atoms with Crippen LogP contribution >= 0.6 is 0 Å². The molecule has 3 aromatic carbocycles. The van der Waals surface area contributed by atoms with E-state index in [2.05, 4.69) is 70.0 Å². The number of para-hydroxylation sites is 1. The van der Waals surface area contributed by atoms with Crippen molar-refractivity contribution < 1.29 is 18.3 Å². The van der Waals surface area contributed by atoms with Crippen LogP contribution in [0.1, 0.15) is 88.8 Å². The molecule has 1 fully saturated rings. The summed E-state index contributed by atoms with van der Waals surface area (Å²) in [5.41, 5.74) is 5.13. The van der Waals surface area contributed by atoms with E-state index in [0.717, 1.165) is 58.1 Å². The zero-order valence-electron chi connectivity index (χ0n) is 27.1. The van der Waals surface area contributed by atoms with E-state index >= 15 is 0 Å². The number of aliphatic hydroxyl groups excluding tert-OH is 1. The first-order valence-corrected chi connectivity index (χ1v) is 17.6. The Morgan fingerprint density at radius 2 is 1.55 bits per heavy atom. The lowest BCUT2D eigenvalue weighted by Crippen LogP contribution is -2.42. The van der Waals surface area contributed by atoms with E-state index in [9.17, 15) is 13.5 Å². The summed E-state index contributed by atoms with van der Waals surface area (Å²) in [6, 6.07) is 18.3. The normalized spacial score (nSPS) is 16.1. The van der Waals surface area contributed by atoms with Gasteiger partial charge in [-0.05, 0) is 77.9 Å². The molecule has 7 nitrogen and oxygen atoms in total. The SMILES string of the molecule is CC(C)c1cc(C(C)C)c(S(=O)(=O)N2CCC(CNC[C@H](O)COc3cccc4[nH]c5ccccc5c34)CC2)c(C(C)C)c1. The highest BCUT2D eigenvalue weighted by molar-refractivity contribution is 7.89. The van der Waals surface area contributed by atoms with Crippen LogP contribution in [0.3, 0.4) is 0 Å². The fraction of sp³-hybridized carbons (Fsp3) is 0.500. The Morgan fingerprint density at radius 3 is 2.18 bits per heavy atom. The number of sulfonamides is 1. The zero-order valence-corrected chi connectivity index (χ0v) is 27.9. The first kappa shape index (κ1) is 32.5. The van der Waals surface area contributed by atoms with E-state index in [-0.39, 0.29) is 18.4 Å². The predicted octanol–water partition coefficient (Wildman–Crippen LogP) is 7.12. The van der Waals surface area contributed by atoms with Crippen LogP contribution in [0.25, 0.3) is 21.8 Å². The molecular weight excluding hydrogens is 570 g/mol. The molecule has 0 bridgehead atoms. The van der Waals surface area contributed by atoms with Crippen LogP contribution in [0.15, 0.2) is 59.5 Å². The van der Waals surface area contributed by atoms with Gasteiger partial charge in [0.2, 0.25) is 10.0 Å². The molecule has 0 radical (unpaired) electrons. The van der Waals surface area contributed by atoms with Crippen LogP contribution in [-0.2, 0) is 10.0 Å². The molecule has 1 atom stereocenters. The number of nitrogens with zero attached hydrogens (tertiary/aromatic N) is 1. The van der Waals surface area contributed by atoms with Crippen LogP contribution in [0.2, 0.25) is 0 Å². The van der Waals surface area contributed by atoms with E-state index in [0.29, 0.717) is 36.4 Å². The van der Waals surface area contributed by atoms with Gasteiger partial charge >= 0.3 is 0 Å². The van der Waals surface area contributed by atoms with E-state index in [1.807, 2.05) is 36.4 Å². The van der Waals surface area contributed by atoms with Crippen molar-refractivity contribution in [2.45, 2.75) is 83.1 Å². The first-order valence-electron chi connectivity index (χ1n) is 16.2. The number of H-pyrrole nitrogens is 1. The fourth-order valence-corrected chi connectivity index (χ4v) is 8.49. The Morgan fingerprint density at radius 1 is 0.909 bits per heavy atom. The number of ether oxygens (including phenoxy) is 1. The van der Waals surface area contributed by atoms with Crippen molar-refractivity contribution in [3.8, 4) is 5.75 Å². The second-order valence-corrected chi connectivity index (χ2v) is 15.2. The highest BCUT2D eigenvalue weighted by atomic mass is 32.2. The Balaban J connectivity index is 1.16. The van der Waals surface area contributed by atoms with Gasteiger partial charge in [-0.3, -0.25) is 0 Å². The van der Waals surface area contributed by atoms with Crippen molar-refractivity contribution in [2.24, 2.45) is 5.92 Å². The van der Waals surface area contributed by atoms with Crippen molar-refractivity contribution in [2.75, 3.05) is 32.8 Å².